The van der Waals surface area contributed by atoms with Crippen molar-refractivity contribution in [3.05, 3.63) is 168 Å². The first-order chi connectivity index (χ1) is 19.6. The van der Waals surface area contributed by atoms with Crippen LogP contribution in [0.15, 0.2) is 152 Å². The van der Waals surface area contributed by atoms with Crippen LogP contribution in [0.1, 0.15) is 22.5 Å². The van der Waals surface area contributed by atoms with Crippen molar-refractivity contribution in [1.29, 1.82) is 0 Å². The zero-order valence-corrected chi connectivity index (χ0v) is 23.1. The fourth-order valence-electron chi connectivity index (χ4n) is 4.87. The van der Waals surface area contributed by atoms with Crippen molar-refractivity contribution in [3.8, 4) is 0 Å². The Labute approximate surface area is 236 Å². The van der Waals surface area contributed by atoms with Gasteiger partial charge in [0.05, 0.1) is 5.78 Å². The van der Waals surface area contributed by atoms with E-state index in [1.54, 1.807) is 0 Å². The molecule has 1 unspecified atom stereocenters. The standard InChI is InChI=1S/C35H32NO3P/c37-35(39-27-29-18-8-2-9-19-29)33(26-28-16-6-1-7-17-28)36-34(30-20-10-3-11-21-30)40(38,31-22-12-4-13-23-31)32-24-14-5-15-25-32/h1-25,33-34,36H,26-27H2/t33-,34?/m1/s1. The summed E-state index contributed by atoms with van der Waals surface area (Å²) in [5, 5.41) is 5.00. The fourth-order valence-corrected chi connectivity index (χ4v) is 7.98. The number of rotatable bonds is 11. The summed E-state index contributed by atoms with van der Waals surface area (Å²) in [6, 6.07) is 47.6. The quantitative estimate of drug-likeness (QED) is 0.149. The second-order valence-corrected chi connectivity index (χ2v) is 12.5. The highest BCUT2D eigenvalue weighted by molar-refractivity contribution is 7.79. The molecule has 0 spiro atoms. The lowest BCUT2D eigenvalue weighted by Gasteiger charge is -2.33. The molecule has 4 nitrogen and oxygen atoms in total. The number of hydrogen-bond donors (Lipinski definition) is 1. The number of hydrogen-bond acceptors (Lipinski definition) is 4. The van der Waals surface area contributed by atoms with E-state index in [0.717, 1.165) is 27.3 Å². The Balaban J connectivity index is 1.57. The summed E-state index contributed by atoms with van der Waals surface area (Å²) in [4.78, 5) is 13.7. The smallest absolute Gasteiger partial charge is 0.323 e. The molecule has 0 aliphatic rings. The molecule has 5 aromatic carbocycles. The lowest BCUT2D eigenvalue weighted by molar-refractivity contribution is -0.147. The van der Waals surface area contributed by atoms with Crippen LogP contribution in [0.5, 0.6) is 0 Å². The zero-order chi connectivity index (χ0) is 27.6. The van der Waals surface area contributed by atoms with Gasteiger partial charge in [-0.05, 0) is 23.1 Å². The highest BCUT2D eigenvalue weighted by atomic mass is 31.2. The van der Waals surface area contributed by atoms with Crippen LogP contribution in [0.2, 0.25) is 0 Å². The maximum absolute atomic E-state index is 15.5. The molecule has 0 amide bonds. The maximum atomic E-state index is 15.5. The molecule has 2 atom stereocenters. The topological polar surface area (TPSA) is 55.4 Å². The van der Waals surface area contributed by atoms with Crippen molar-refractivity contribution in [3.63, 3.8) is 0 Å². The molecule has 0 aromatic heterocycles. The molecule has 200 valence electrons. The first kappa shape index (κ1) is 27.3. The molecule has 5 aromatic rings. The van der Waals surface area contributed by atoms with Gasteiger partial charge < -0.3 is 9.30 Å². The fraction of sp³-hybridized carbons (Fsp3) is 0.114. The predicted molar refractivity (Wildman–Crippen MR) is 162 cm³/mol. The molecule has 0 bridgehead atoms. The number of esters is 1. The third kappa shape index (κ3) is 6.48. The van der Waals surface area contributed by atoms with Gasteiger partial charge in [-0.25, -0.2) is 0 Å². The molecule has 0 saturated heterocycles. The van der Waals surface area contributed by atoms with Gasteiger partial charge in [-0.3, -0.25) is 10.1 Å². The van der Waals surface area contributed by atoms with E-state index in [1.807, 2.05) is 152 Å². The van der Waals surface area contributed by atoms with Crippen molar-refractivity contribution in [2.24, 2.45) is 0 Å². The van der Waals surface area contributed by atoms with Gasteiger partial charge in [-0.15, -0.1) is 0 Å². The molecule has 0 radical (unpaired) electrons. The van der Waals surface area contributed by atoms with E-state index in [-0.39, 0.29) is 12.6 Å². The van der Waals surface area contributed by atoms with Crippen molar-refractivity contribution in [2.75, 3.05) is 0 Å². The Bertz CT molecular complexity index is 1490. The first-order valence-corrected chi connectivity index (χ1v) is 15.2. The van der Waals surface area contributed by atoms with Crippen LogP contribution in [0.25, 0.3) is 0 Å². The van der Waals surface area contributed by atoms with Gasteiger partial charge in [0, 0.05) is 10.6 Å². The van der Waals surface area contributed by atoms with E-state index in [9.17, 15) is 4.79 Å². The van der Waals surface area contributed by atoms with Gasteiger partial charge in [0.2, 0.25) is 0 Å². The summed E-state index contributed by atoms with van der Waals surface area (Å²) in [5.41, 5.74) is 2.73. The predicted octanol–water partition coefficient (Wildman–Crippen LogP) is 6.64. The summed E-state index contributed by atoms with van der Waals surface area (Å²) in [6.45, 7) is 0.164. The second-order valence-electron chi connectivity index (χ2n) is 9.64. The number of carbonyl (C=O) groups is 1. The molecule has 0 aliphatic heterocycles. The van der Waals surface area contributed by atoms with Crippen LogP contribution in [0.4, 0.5) is 0 Å². The van der Waals surface area contributed by atoms with Crippen LogP contribution >= 0.6 is 7.14 Å². The Morgan fingerprint density at radius 1 is 0.600 bits per heavy atom. The normalized spacial score (nSPS) is 12.8. The lowest BCUT2D eigenvalue weighted by Crippen LogP contribution is -2.44. The van der Waals surface area contributed by atoms with Gasteiger partial charge in [-0.1, -0.05) is 152 Å². The number of benzene rings is 5. The van der Waals surface area contributed by atoms with E-state index in [2.05, 4.69) is 5.32 Å². The summed E-state index contributed by atoms with van der Waals surface area (Å²) < 4.78 is 21.3. The van der Waals surface area contributed by atoms with E-state index in [0.29, 0.717) is 6.42 Å². The molecule has 0 aliphatic carbocycles. The summed E-state index contributed by atoms with van der Waals surface area (Å²) >= 11 is 0. The Morgan fingerprint density at radius 2 is 1.02 bits per heavy atom. The molecule has 0 heterocycles. The van der Waals surface area contributed by atoms with Gasteiger partial charge in [0.1, 0.15) is 12.6 Å². The third-order valence-corrected chi connectivity index (χ3v) is 10.2. The summed E-state index contributed by atoms with van der Waals surface area (Å²) in [5.74, 6) is -1.06. The molecule has 5 heteroatoms. The minimum atomic E-state index is -3.35. The molecule has 0 saturated carbocycles. The Morgan fingerprint density at radius 3 is 1.52 bits per heavy atom. The first-order valence-electron chi connectivity index (χ1n) is 13.4. The molecule has 0 fully saturated rings. The largest absolute Gasteiger partial charge is 0.460 e. The molecular weight excluding hydrogens is 513 g/mol. The Hall–Kier alpha value is -4.24. The maximum Gasteiger partial charge on any atom is 0.323 e. The van der Waals surface area contributed by atoms with Crippen molar-refractivity contribution in [1.82, 2.24) is 5.32 Å². The molecule has 5 rings (SSSR count). The highest BCUT2D eigenvalue weighted by Gasteiger charge is 2.40. The highest BCUT2D eigenvalue weighted by Crippen LogP contribution is 2.56. The molecule has 1 N–H and O–H groups in total. The minimum Gasteiger partial charge on any atom is -0.460 e. The van der Waals surface area contributed by atoms with Crippen LogP contribution in [-0.4, -0.2) is 12.0 Å². The third-order valence-electron chi connectivity index (χ3n) is 6.91. The van der Waals surface area contributed by atoms with Crippen LogP contribution in [-0.2, 0) is 27.1 Å². The van der Waals surface area contributed by atoms with Crippen LogP contribution < -0.4 is 15.9 Å². The van der Waals surface area contributed by atoms with E-state index < -0.39 is 19.0 Å². The molecular formula is C35H32NO3P. The Kier molecular flexibility index (Phi) is 9.03. The average molecular weight is 546 g/mol. The summed E-state index contributed by atoms with van der Waals surface area (Å²) in [7, 11) is -3.35. The van der Waals surface area contributed by atoms with Crippen molar-refractivity contribution in [2.45, 2.75) is 24.9 Å². The van der Waals surface area contributed by atoms with Gasteiger partial charge >= 0.3 is 5.97 Å². The monoisotopic (exact) mass is 545 g/mol. The number of nitrogens with one attached hydrogen (secondary N) is 1. The average Bonchev–Trinajstić information content (AvgIpc) is 3.03. The van der Waals surface area contributed by atoms with Gasteiger partial charge in [-0.2, -0.15) is 0 Å². The summed E-state index contributed by atoms with van der Waals surface area (Å²) in [6.07, 6.45) is 0.390. The van der Waals surface area contributed by atoms with E-state index >= 15 is 4.57 Å². The number of carbonyl (C=O) groups excluding carboxylic acids is 1. The second kappa shape index (κ2) is 13.2. The number of ether oxygens (including phenoxy) is 1. The van der Waals surface area contributed by atoms with Gasteiger partial charge in [0.15, 0.2) is 7.14 Å². The van der Waals surface area contributed by atoms with Crippen LogP contribution in [0, 0.1) is 0 Å². The van der Waals surface area contributed by atoms with E-state index in [1.165, 1.54) is 0 Å². The van der Waals surface area contributed by atoms with E-state index in [4.69, 9.17) is 4.74 Å². The van der Waals surface area contributed by atoms with Crippen molar-refractivity contribution >= 4 is 23.7 Å². The minimum absolute atomic E-state index is 0.164. The van der Waals surface area contributed by atoms with Gasteiger partial charge in [0.25, 0.3) is 0 Å². The van der Waals surface area contributed by atoms with Crippen LogP contribution in [0.3, 0.4) is 0 Å². The lowest BCUT2D eigenvalue weighted by atomic mass is 10.1. The molecule has 40 heavy (non-hydrogen) atoms. The van der Waals surface area contributed by atoms with Crippen molar-refractivity contribution < 1.29 is 14.1 Å². The zero-order valence-electron chi connectivity index (χ0n) is 22.2. The SMILES string of the molecule is O=C(OCc1ccccc1)[C@@H](Cc1ccccc1)NC(c1ccccc1)P(=O)(c1ccccc1)c1ccccc1.